The fourth-order valence-corrected chi connectivity index (χ4v) is 1.81. The second-order valence-electron chi connectivity index (χ2n) is 3.89. The van der Waals surface area contributed by atoms with Crippen molar-refractivity contribution in [2.24, 2.45) is 0 Å². The van der Waals surface area contributed by atoms with E-state index in [1.807, 2.05) is 0 Å². The molecule has 0 aromatic heterocycles. The van der Waals surface area contributed by atoms with Gasteiger partial charge in [0.25, 0.3) is 0 Å². The van der Waals surface area contributed by atoms with Gasteiger partial charge in [-0.1, -0.05) is 0 Å². The summed E-state index contributed by atoms with van der Waals surface area (Å²) in [6.07, 6.45) is 0.786. The number of hydrogen-bond donors (Lipinski definition) is 1. The summed E-state index contributed by atoms with van der Waals surface area (Å²) in [6.45, 7) is 3.45. The van der Waals surface area contributed by atoms with E-state index in [-0.39, 0.29) is 19.0 Å². The molecule has 0 bridgehead atoms. The van der Waals surface area contributed by atoms with Gasteiger partial charge in [0.2, 0.25) is 5.91 Å². The predicted molar refractivity (Wildman–Crippen MR) is 58.8 cm³/mol. The first-order chi connectivity index (χ1) is 7.13. The molecule has 0 aromatic rings. The second-order valence-corrected chi connectivity index (χ2v) is 6.03. The van der Waals surface area contributed by atoms with Crippen molar-refractivity contribution in [3.8, 4) is 0 Å². The molecule has 1 N–H and O–H groups in total. The molecule has 1 amide bonds. The number of carbonyl (C=O) groups excluding carboxylic acids is 1. The normalized spacial score (nSPS) is 11.5. The summed E-state index contributed by atoms with van der Waals surface area (Å²) in [4.78, 5) is 23.2. The van der Waals surface area contributed by atoms with Crippen molar-refractivity contribution in [1.82, 2.24) is 4.90 Å². The highest BCUT2D eigenvalue weighted by Gasteiger charge is 2.21. The van der Waals surface area contributed by atoms with Crippen molar-refractivity contribution < 1.29 is 23.1 Å². The van der Waals surface area contributed by atoms with E-state index in [1.54, 1.807) is 13.8 Å². The van der Waals surface area contributed by atoms with Crippen molar-refractivity contribution in [3.63, 3.8) is 0 Å². The van der Waals surface area contributed by atoms with E-state index in [9.17, 15) is 18.0 Å². The minimum absolute atomic E-state index is 0.0291. The summed E-state index contributed by atoms with van der Waals surface area (Å²) in [5.41, 5.74) is 0. The molecule has 0 heterocycles. The molecule has 0 unspecified atom stereocenters. The van der Waals surface area contributed by atoms with Gasteiger partial charge in [-0.15, -0.1) is 0 Å². The molecular formula is C9H17NO5S. The van der Waals surface area contributed by atoms with E-state index in [0.717, 1.165) is 6.26 Å². The number of amides is 1. The Labute approximate surface area is 95.2 Å². The quantitative estimate of drug-likeness (QED) is 0.702. The van der Waals surface area contributed by atoms with Crippen molar-refractivity contribution >= 4 is 21.7 Å². The molecule has 6 nitrogen and oxygen atoms in total. The molecule has 0 saturated heterocycles. The van der Waals surface area contributed by atoms with Gasteiger partial charge in [-0.25, -0.2) is 8.42 Å². The van der Waals surface area contributed by atoms with Gasteiger partial charge in [-0.2, -0.15) is 0 Å². The van der Waals surface area contributed by atoms with Crippen molar-refractivity contribution in [3.05, 3.63) is 0 Å². The van der Waals surface area contributed by atoms with Crippen LogP contribution in [0.15, 0.2) is 0 Å². The smallest absolute Gasteiger partial charge is 0.305 e. The molecule has 0 aromatic carbocycles. The van der Waals surface area contributed by atoms with Crippen LogP contribution in [-0.2, 0) is 19.4 Å². The molecule has 0 fully saturated rings. The molecule has 0 aliphatic rings. The maximum Gasteiger partial charge on any atom is 0.305 e. The number of carboxylic acids is 1. The maximum absolute atomic E-state index is 11.6. The first-order valence-corrected chi connectivity index (χ1v) is 6.88. The molecule has 0 radical (unpaired) electrons. The topological polar surface area (TPSA) is 91.8 Å². The van der Waals surface area contributed by atoms with Crippen LogP contribution in [-0.4, -0.2) is 54.9 Å². The summed E-state index contributed by atoms with van der Waals surface area (Å²) >= 11 is 0. The molecule has 0 atom stereocenters. The van der Waals surface area contributed by atoms with Gasteiger partial charge >= 0.3 is 5.97 Å². The Morgan fingerprint density at radius 1 is 1.31 bits per heavy atom. The molecule has 7 heteroatoms. The Balaban J connectivity index is 4.54. The third-order valence-electron chi connectivity index (χ3n) is 1.90. The van der Waals surface area contributed by atoms with Gasteiger partial charge in [0, 0.05) is 18.8 Å². The Morgan fingerprint density at radius 3 is 2.12 bits per heavy atom. The Kier molecular flexibility index (Phi) is 5.43. The highest BCUT2D eigenvalue weighted by Crippen LogP contribution is 2.02. The SMILES string of the molecule is CC(C)N(CCC(=O)O)C(=O)CS(C)(=O)=O. The Bertz CT molecular complexity index is 360. The highest BCUT2D eigenvalue weighted by molar-refractivity contribution is 7.91. The fraction of sp³-hybridized carbons (Fsp3) is 0.778. The van der Waals surface area contributed by atoms with E-state index in [1.165, 1.54) is 4.90 Å². The number of aliphatic carboxylic acids is 1. The third kappa shape index (κ3) is 6.39. The highest BCUT2D eigenvalue weighted by atomic mass is 32.2. The summed E-state index contributed by atoms with van der Waals surface area (Å²) in [7, 11) is -3.38. The fourth-order valence-electron chi connectivity index (χ4n) is 1.19. The van der Waals surface area contributed by atoms with Crippen LogP contribution in [0.3, 0.4) is 0 Å². The number of carboxylic acid groups (broad SMARTS) is 1. The second kappa shape index (κ2) is 5.83. The largest absolute Gasteiger partial charge is 0.481 e. The lowest BCUT2D eigenvalue weighted by Crippen LogP contribution is -2.41. The maximum atomic E-state index is 11.6. The minimum Gasteiger partial charge on any atom is -0.481 e. The van der Waals surface area contributed by atoms with Crippen LogP contribution in [0.1, 0.15) is 20.3 Å². The first-order valence-electron chi connectivity index (χ1n) is 4.82. The lowest BCUT2D eigenvalue weighted by atomic mass is 10.3. The zero-order chi connectivity index (χ0) is 12.9. The zero-order valence-electron chi connectivity index (χ0n) is 9.63. The molecule has 0 aliphatic heterocycles. The van der Waals surface area contributed by atoms with Crippen LogP contribution < -0.4 is 0 Å². The van der Waals surface area contributed by atoms with E-state index in [0.29, 0.717) is 0 Å². The molecule has 94 valence electrons. The first kappa shape index (κ1) is 14.9. The summed E-state index contributed by atoms with van der Waals surface area (Å²) in [5.74, 6) is -2.15. The Hall–Kier alpha value is -1.11. The Morgan fingerprint density at radius 2 is 1.81 bits per heavy atom. The van der Waals surface area contributed by atoms with Crippen molar-refractivity contribution in [2.75, 3.05) is 18.6 Å². The van der Waals surface area contributed by atoms with Gasteiger partial charge in [0.15, 0.2) is 9.84 Å². The van der Waals surface area contributed by atoms with Crippen molar-refractivity contribution in [1.29, 1.82) is 0 Å². The number of nitrogens with zero attached hydrogens (tertiary/aromatic N) is 1. The lowest BCUT2D eigenvalue weighted by molar-refractivity contribution is -0.138. The molecule has 16 heavy (non-hydrogen) atoms. The molecule has 0 rings (SSSR count). The van der Waals surface area contributed by atoms with Gasteiger partial charge in [-0.3, -0.25) is 9.59 Å². The van der Waals surface area contributed by atoms with Crippen molar-refractivity contribution in [2.45, 2.75) is 26.3 Å². The average Bonchev–Trinajstić information content (AvgIpc) is 1.98. The van der Waals surface area contributed by atoms with Gasteiger partial charge in [0.05, 0.1) is 6.42 Å². The summed E-state index contributed by atoms with van der Waals surface area (Å²) < 4.78 is 21.9. The monoisotopic (exact) mass is 251 g/mol. The summed E-state index contributed by atoms with van der Waals surface area (Å²) in [5, 5.41) is 8.50. The molecule has 0 saturated carbocycles. The number of carbonyl (C=O) groups is 2. The molecule has 0 aliphatic carbocycles. The number of hydrogen-bond acceptors (Lipinski definition) is 4. The van der Waals surface area contributed by atoms with Gasteiger partial charge in [-0.05, 0) is 13.8 Å². The average molecular weight is 251 g/mol. The van der Waals surface area contributed by atoms with Crippen LogP contribution in [0.4, 0.5) is 0 Å². The van der Waals surface area contributed by atoms with Gasteiger partial charge < -0.3 is 10.0 Å². The number of rotatable bonds is 6. The standard InChI is InChI=1S/C9H17NO5S/c1-7(2)10(5-4-9(12)13)8(11)6-16(3,14)15/h7H,4-6H2,1-3H3,(H,12,13). The van der Waals surface area contributed by atoms with E-state index in [2.05, 4.69) is 0 Å². The third-order valence-corrected chi connectivity index (χ3v) is 2.67. The summed E-state index contributed by atoms with van der Waals surface area (Å²) in [6, 6.07) is -0.214. The zero-order valence-corrected chi connectivity index (χ0v) is 10.5. The van der Waals surface area contributed by atoms with E-state index >= 15 is 0 Å². The van der Waals surface area contributed by atoms with Crippen LogP contribution in [0.2, 0.25) is 0 Å². The van der Waals surface area contributed by atoms with Crippen LogP contribution in [0, 0.1) is 0 Å². The molecule has 0 spiro atoms. The van der Waals surface area contributed by atoms with Crippen LogP contribution in [0.25, 0.3) is 0 Å². The van der Waals surface area contributed by atoms with E-state index < -0.39 is 27.5 Å². The number of sulfone groups is 1. The molecular weight excluding hydrogens is 234 g/mol. The minimum atomic E-state index is -3.38. The van der Waals surface area contributed by atoms with E-state index in [4.69, 9.17) is 5.11 Å². The lowest BCUT2D eigenvalue weighted by Gasteiger charge is -2.25. The van der Waals surface area contributed by atoms with Crippen LogP contribution >= 0.6 is 0 Å². The van der Waals surface area contributed by atoms with Gasteiger partial charge in [0.1, 0.15) is 5.75 Å². The van der Waals surface area contributed by atoms with Crippen LogP contribution in [0.5, 0.6) is 0 Å². The predicted octanol–water partition coefficient (Wildman–Crippen LogP) is -0.257.